The molecule has 5 heteroatoms. The topological polar surface area (TPSA) is 58.2 Å². The van der Waals surface area contributed by atoms with Crippen LogP contribution in [0.2, 0.25) is 0 Å². The summed E-state index contributed by atoms with van der Waals surface area (Å²) in [6.45, 7) is 4.36. The van der Waals surface area contributed by atoms with Crippen LogP contribution >= 0.6 is 11.3 Å². The molecular formula is C23H22N2O2S. The van der Waals surface area contributed by atoms with E-state index in [1.54, 1.807) is 18.2 Å². The molecule has 0 spiro atoms. The summed E-state index contributed by atoms with van der Waals surface area (Å²) in [7, 11) is 0. The molecule has 2 amide bonds. The van der Waals surface area contributed by atoms with E-state index in [1.807, 2.05) is 67.8 Å². The highest BCUT2D eigenvalue weighted by atomic mass is 32.1. The van der Waals surface area contributed by atoms with Crippen LogP contribution in [-0.2, 0) is 11.3 Å². The summed E-state index contributed by atoms with van der Waals surface area (Å²) in [5.74, 6) is -0.633. The maximum absolute atomic E-state index is 12.8. The molecule has 3 aromatic rings. The van der Waals surface area contributed by atoms with Crippen molar-refractivity contribution in [2.75, 3.05) is 0 Å². The third-order valence-corrected chi connectivity index (χ3v) is 5.16. The van der Waals surface area contributed by atoms with E-state index < -0.39 is 0 Å². The maximum atomic E-state index is 12.8. The number of nitrogens with one attached hydrogen (secondary N) is 2. The van der Waals surface area contributed by atoms with Crippen LogP contribution in [0.3, 0.4) is 0 Å². The molecule has 0 saturated heterocycles. The molecule has 0 aliphatic carbocycles. The summed E-state index contributed by atoms with van der Waals surface area (Å²) in [6.07, 6.45) is 1.70. The standard InChI is InChI=1S/C23H22N2O2S/c1-16-9-11-18(12-10-16)22(26)25-21(14-20-8-5-13-28-20)23(27)24-15-19-7-4-3-6-17(19)2/h3-14H,15H2,1-2H3,(H,24,27)(H,25,26)/b21-14-. The Hall–Kier alpha value is -3.18. The number of benzene rings is 2. The van der Waals surface area contributed by atoms with Crippen molar-refractivity contribution in [2.45, 2.75) is 20.4 Å². The van der Waals surface area contributed by atoms with Gasteiger partial charge in [-0.15, -0.1) is 11.3 Å². The van der Waals surface area contributed by atoms with Crippen molar-refractivity contribution in [1.29, 1.82) is 0 Å². The minimum absolute atomic E-state index is 0.224. The van der Waals surface area contributed by atoms with Crippen LogP contribution in [-0.4, -0.2) is 11.8 Å². The Morgan fingerprint density at radius 1 is 0.964 bits per heavy atom. The van der Waals surface area contributed by atoms with Crippen molar-refractivity contribution in [2.24, 2.45) is 0 Å². The molecule has 28 heavy (non-hydrogen) atoms. The number of thiophene rings is 1. The van der Waals surface area contributed by atoms with Crippen molar-refractivity contribution in [3.05, 3.63) is 98.9 Å². The van der Waals surface area contributed by atoms with Crippen LogP contribution in [0.4, 0.5) is 0 Å². The molecule has 4 nitrogen and oxygen atoms in total. The van der Waals surface area contributed by atoms with Crippen molar-refractivity contribution in [1.82, 2.24) is 10.6 Å². The first kappa shape index (κ1) is 19.6. The van der Waals surface area contributed by atoms with Gasteiger partial charge in [0.25, 0.3) is 11.8 Å². The highest BCUT2D eigenvalue weighted by molar-refractivity contribution is 7.10. The Bertz CT molecular complexity index is 990. The monoisotopic (exact) mass is 390 g/mol. The highest BCUT2D eigenvalue weighted by Crippen LogP contribution is 2.14. The van der Waals surface area contributed by atoms with Gasteiger partial charge >= 0.3 is 0 Å². The molecule has 0 aliphatic rings. The fourth-order valence-electron chi connectivity index (χ4n) is 2.65. The lowest BCUT2D eigenvalue weighted by Gasteiger charge is -2.12. The molecule has 1 heterocycles. The molecular weight excluding hydrogens is 368 g/mol. The Morgan fingerprint density at radius 2 is 1.71 bits per heavy atom. The Morgan fingerprint density at radius 3 is 2.39 bits per heavy atom. The van der Waals surface area contributed by atoms with Gasteiger partial charge in [-0.25, -0.2) is 0 Å². The molecule has 2 aromatic carbocycles. The lowest BCUT2D eigenvalue weighted by molar-refractivity contribution is -0.117. The first-order valence-electron chi connectivity index (χ1n) is 8.99. The lowest BCUT2D eigenvalue weighted by Crippen LogP contribution is -2.34. The highest BCUT2D eigenvalue weighted by Gasteiger charge is 2.15. The zero-order chi connectivity index (χ0) is 19.9. The number of carbonyl (C=O) groups is 2. The fraction of sp³-hybridized carbons (Fsp3) is 0.130. The summed E-state index contributed by atoms with van der Waals surface area (Å²) >= 11 is 1.50. The van der Waals surface area contributed by atoms with Gasteiger partial charge in [0.15, 0.2) is 0 Å². The van der Waals surface area contributed by atoms with Crippen LogP contribution in [0.15, 0.2) is 71.7 Å². The normalized spacial score (nSPS) is 11.1. The summed E-state index contributed by atoms with van der Waals surface area (Å²) < 4.78 is 0. The first-order valence-corrected chi connectivity index (χ1v) is 9.87. The van der Waals surface area contributed by atoms with Crippen molar-refractivity contribution in [3.8, 4) is 0 Å². The zero-order valence-corrected chi connectivity index (χ0v) is 16.7. The van der Waals surface area contributed by atoms with E-state index in [9.17, 15) is 9.59 Å². The minimum Gasteiger partial charge on any atom is -0.347 e. The quantitative estimate of drug-likeness (QED) is 0.611. The van der Waals surface area contributed by atoms with E-state index in [1.165, 1.54) is 11.3 Å². The van der Waals surface area contributed by atoms with E-state index in [0.29, 0.717) is 12.1 Å². The zero-order valence-electron chi connectivity index (χ0n) is 15.9. The van der Waals surface area contributed by atoms with Gasteiger partial charge in [-0.2, -0.15) is 0 Å². The van der Waals surface area contributed by atoms with Gasteiger partial charge in [0.05, 0.1) is 0 Å². The van der Waals surface area contributed by atoms with E-state index >= 15 is 0 Å². The number of rotatable bonds is 6. The van der Waals surface area contributed by atoms with Crippen LogP contribution < -0.4 is 10.6 Å². The molecule has 0 unspecified atom stereocenters. The van der Waals surface area contributed by atoms with Crippen LogP contribution in [0.1, 0.15) is 31.9 Å². The molecule has 0 bridgehead atoms. The second kappa shape index (κ2) is 9.15. The smallest absolute Gasteiger partial charge is 0.268 e. The average Bonchev–Trinajstić information content (AvgIpc) is 3.20. The largest absolute Gasteiger partial charge is 0.347 e. The number of amides is 2. The predicted octanol–water partition coefficient (Wildman–Crippen LogP) is 4.45. The van der Waals surface area contributed by atoms with E-state index in [0.717, 1.165) is 21.6 Å². The van der Waals surface area contributed by atoms with Gasteiger partial charge in [-0.05, 0) is 54.6 Å². The average molecular weight is 391 g/mol. The van der Waals surface area contributed by atoms with Crippen molar-refractivity contribution in [3.63, 3.8) is 0 Å². The first-order chi connectivity index (χ1) is 13.5. The van der Waals surface area contributed by atoms with E-state index in [4.69, 9.17) is 0 Å². The SMILES string of the molecule is Cc1ccc(C(=O)N/C(=C\c2cccs2)C(=O)NCc2ccccc2C)cc1. The molecule has 0 atom stereocenters. The minimum atomic E-state index is -0.322. The Labute approximate surface area is 168 Å². The van der Waals surface area contributed by atoms with Crippen molar-refractivity contribution >= 4 is 29.2 Å². The van der Waals surface area contributed by atoms with Gasteiger partial charge in [-0.1, -0.05) is 48.0 Å². The summed E-state index contributed by atoms with van der Waals surface area (Å²) in [5.41, 5.74) is 3.95. The number of hydrogen-bond donors (Lipinski definition) is 2. The van der Waals surface area contributed by atoms with Gasteiger partial charge in [-0.3, -0.25) is 9.59 Å². The maximum Gasteiger partial charge on any atom is 0.268 e. The van der Waals surface area contributed by atoms with Gasteiger partial charge in [0, 0.05) is 17.0 Å². The van der Waals surface area contributed by atoms with E-state index in [2.05, 4.69) is 10.6 Å². The van der Waals surface area contributed by atoms with Crippen molar-refractivity contribution < 1.29 is 9.59 Å². The Balaban J connectivity index is 1.77. The van der Waals surface area contributed by atoms with Crippen LogP contribution in [0.5, 0.6) is 0 Å². The third-order valence-electron chi connectivity index (χ3n) is 4.34. The molecule has 0 fully saturated rings. The molecule has 3 rings (SSSR count). The molecule has 142 valence electrons. The molecule has 0 radical (unpaired) electrons. The van der Waals surface area contributed by atoms with Gasteiger partial charge in [0.2, 0.25) is 0 Å². The summed E-state index contributed by atoms with van der Waals surface area (Å²) in [6, 6.07) is 18.9. The summed E-state index contributed by atoms with van der Waals surface area (Å²) in [5, 5.41) is 7.59. The number of hydrogen-bond acceptors (Lipinski definition) is 3. The molecule has 2 N–H and O–H groups in total. The lowest BCUT2D eigenvalue weighted by atomic mass is 10.1. The Kier molecular flexibility index (Phi) is 6.40. The number of carbonyl (C=O) groups excluding carboxylic acids is 2. The van der Waals surface area contributed by atoms with Crippen LogP contribution in [0, 0.1) is 13.8 Å². The van der Waals surface area contributed by atoms with Gasteiger partial charge < -0.3 is 10.6 Å². The summed E-state index contributed by atoms with van der Waals surface area (Å²) in [4.78, 5) is 26.3. The van der Waals surface area contributed by atoms with Crippen LogP contribution in [0.25, 0.3) is 6.08 Å². The molecule has 0 aliphatic heterocycles. The molecule has 1 aromatic heterocycles. The predicted molar refractivity (Wildman–Crippen MR) is 114 cm³/mol. The molecule has 0 saturated carbocycles. The van der Waals surface area contributed by atoms with Gasteiger partial charge in [0.1, 0.15) is 5.70 Å². The van der Waals surface area contributed by atoms with E-state index in [-0.39, 0.29) is 17.5 Å². The third kappa shape index (κ3) is 5.18. The fourth-order valence-corrected chi connectivity index (χ4v) is 3.31. The number of aryl methyl sites for hydroxylation is 2. The second-order valence-electron chi connectivity index (χ2n) is 6.50. The second-order valence-corrected chi connectivity index (χ2v) is 7.48.